The number of carbonyl (C=O) groups excluding carboxylic acids is 1. The fourth-order valence-electron chi connectivity index (χ4n) is 0.429. The van der Waals surface area contributed by atoms with Crippen molar-refractivity contribution >= 4 is 12.0 Å². The minimum Gasteiger partial charge on any atom is -0.365 e. The van der Waals surface area contributed by atoms with Crippen LogP contribution in [0.25, 0.3) is 0 Å². The molecule has 1 heterocycles. The first-order valence-corrected chi connectivity index (χ1v) is 2.22. The van der Waals surface area contributed by atoms with Crippen LogP contribution in [0.15, 0.2) is 17.1 Å². The van der Waals surface area contributed by atoms with Gasteiger partial charge >= 0.3 is 0 Å². The van der Waals surface area contributed by atoms with Crippen LogP contribution < -0.4 is 0 Å². The van der Waals surface area contributed by atoms with Crippen LogP contribution >= 0.6 is 0 Å². The van der Waals surface area contributed by atoms with Crippen molar-refractivity contribution in [1.82, 2.24) is 0 Å². The highest BCUT2D eigenvalue weighted by molar-refractivity contribution is 5.99. The first kappa shape index (κ1) is 5.18. The van der Waals surface area contributed by atoms with E-state index in [1.54, 1.807) is 0 Å². The van der Waals surface area contributed by atoms with Crippen LogP contribution in [0.4, 0.5) is 0 Å². The molecule has 1 N–H and O–H groups in total. The Morgan fingerprint density at radius 3 is 2.88 bits per heavy atom. The predicted octanol–water partition coefficient (Wildman–Crippen LogP) is -0.485. The standard InChI is InChI=1S/C5H5NO2/c7-4-2-1-3-6-5(4)8/h1-3,5,8H. The molecule has 0 saturated carbocycles. The Kier molecular flexibility index (Phi) is 1.22. The predicted molar refractivity (Wildman–Crippen MR) is 28.6 cm³/mol. The molecular formula is C5H5NO2. The van der Waals surface area contributed by atoms with E-state index in [9.17, 15) is 4.79 Å². The zero-order valence-electron chi connectivity index (χ0n) is 4.11. The van der Waals surface area contributed by atoms with Crippen LogP contribution in [-0.4, -0.2) is 23.3 Å². The lowest BCUT2D eigenvalue weighted by molar-refractivity contribution is -0.121. The van der Waals surface area contributed by atoms with Gasteiger partial charge in [0.2, 0.25) is 12.0 Å². The van der Waals surface area contributed by atoms with Crippen LogP contribution in [-0.2, 0) is 4.79 Å². The fraction of sp³-hybridized carbons (Fsp3) is 0.200. The number of nitrogens with zero attached hydrogens (tertiary/aromatic N) is 1. The molecule has 1 aliphatic heterocycles. The van der Waals surface area contributed by atoms with Gasteiger partial charge in [0, 0.05) is 6.21 Å². The molecule has 0 aromatic carbocycles. The number of rotatable bonds is 0. The second-order valence-electron chi connectivity index (χ2n) is 1.43. The Morgan fingerprint density at radius 2 is 2.50 bits per heavy atom. The molecule has 0 spiro atoms. The Labute approximate surface area is 46.4 Å². The molecule has 0 saturated heterocycles. The van der Waals surface area contributed by atoms with Crippen molar-refractivity contribution in [2.75, 3.05) is 0 Å². The third-order valence-corrected chi connectivity index (χ3v) is 0.828. The monoisotopic (exact) mass is 111 g/mol. The summed E-state index contributed by atoms with van der Waals surface area (Å²) in [5.41, 5.74) is 0. The molecule has 0 aliphatic carbocycles. The molecular weight excluding hydrogens is 106 g/mol. The van der Waals surface area contributed by atoms with Gasteiger partial charge < -0.3 is 5.11 Å². The van der Waals surface area contributed by atoms with E-state index in [2.05, 4.69) is 4.99 Å². The lowest BCUT2D eigenvalue weighted by Gasteiger charge is -2.00. The quantitative estimate of drug-likeness (QED) is 0.458. The van der Waals surface area contributed by atoms with E-state index in [0.29, 0.717) is 0 Å². The van der Waals surface area contributed by atoms with Gasteiger partial charge in [-0.25, -0.2) is 0 Å². The molecule has 3 heteroatoms. The number of aliphatic imine (C=N–C) groups is 1. The summed E-state index contributed by atoms with van der Waals surface area (Å²) in [6.45, 7) is 0. The third-order valence-electron chi connectivity index (χ3n) is 0.828. The minimum absolute atomic E-state index is 0.354. The van der Waals surface area contributed by atoms with Gasteiger partial charge in [-0.2, -0.15) is 0 Å². The zero-order chi connectivity index (χ0) is 5.98. The van der Waals surface area contributed by atoms with Gasteiger partial charge in [-0.3, -0.25) is 9.79 Å². The van der Waals surface area contributed by atoms with Crippen molar-refractivity contribution in [3.63, 3.8) is 0 Å². The second kappa shape index (κ2) is 1.88. The van der Waals surface area contributed by atoms with Crippen molar-refractivity contribution in [3.05, 3.63) is 12.2 Å². The van der Waals surface area contributed by atoms with E-state index >= 15 is 0 Å². The molecule has 0 aromatic heterocycles. The number of ketones is 1. The van der Waals surface area contributed by atoms with Crippen LogP contribution in [0.1, 0.15) is 0 Å². The molecule has 8 heavy (non-hydrogen) atoms. The largest absolute Gasteiger partial charge is 0.365 e. The van der Waals surface area contributed by atoms with Crippen LogP contribution in [0.2, 0.25) is 0 Å². The molecule has 0 fully saturated rings. The highest BCUT2D eigenvalue weighted by atomic mass is 16.3. The lowest BCUT2D eigenvalue weighted by Crippen LogP contribution is -2.17. The zero-order valence-corrected chi connectivity index (χ0v) is 4.11. The molecule has 1 rings (SSSR count). The van der Waals surface area contributed by atoms with Crippen LogP contribution in [0, 0.1) is 0 Å². The van der Waals surface area contributed by atoms with E-state index in [-0.39, 0.29) is 5.78 Å². The lowest BCUT2D eigenvalue weighted by atomic mass is 10.3. The second-order valence-corrected chi connectivity index (χ2v) is 1.43. The first-order valence-electron chi connectivity index (χ1n) is 2.22. The maximum Gasteiger partial charge on any atom is 0.208 e. The molecule has 0 bridgehead atoms. The van der Waals surface area contributed by atoms with E-state index in [1.807, 2.05) is 0 Å². The molecule has 1 unspecified atom stereocenters. The Hall–Kier alpha value is -0.960. The molecule has 3 nitrogen and oxygen atoms in total. The minimum atomic E-state index is -1.15. The third kappa shape index (κ3) is 0.816. The summed E-state index contributed by atoms with van der Waals surface area (Å²) in [6.07, 6.45) is 3.03. The van der Waals surface area contributed by atoms with Gasteiger partial charge in [0.25, 0.3) is 0 Å². The van der Waals surface area contributed by atoms with Crippen molar-refractivity contribution in [3.8, 4) is 0 Å². The van der Waals surface area contributed by atoms with Gasteiger partial charge in [0.1, 0.15) is 0 Å². The van der Waals surface area contributed by atoms with Crippen molar-refractivity contribution < 1.29 is 9.90 Å². The average molecular weight is 111 g/mol. The summed E-state index contributed by atoms with van der Waals surface area (Å²) in [4.78, 5) is 13.7. The van der Waals surface area contributed by atoms with Crippen LogP contribution in [0.5, 0.6) is 0 Å². The SMILES string of the molecule is O=C1C=CC=NC1O. The first-order chi connectivity index (χ1) is 3.80. The summed E-state index contributed by atoms with van der Waals surface area (Å²) in [5.74, 6) is -0.354. The Morgan fingerprint density at radius 1 is 1.75 bits per heavy atom. The topological polar surface area (TPSA) is 49.7 Å². The number of carbonyl (C=O) groups is 1. The Bertz CT molecular complexity index is 160. The smallest absolute Gasteiger partial charge is 0.208 e. The number of hydrogen-bond acceptors (Lipinski definition) is 3. The van der Waals surface area contributed by atoms with E-state index in [4.69, 9.17) is 5.11 Å². The van der Waals surface area contributed by atoms with E-state index in [1.165, 1.54) is 18.4 Å². The maximum absolute atomic E-state index is 10.3. The molecule has 1 aliphatic rings. The summed E-state index contributed by atoms with van der Waals surface area (Å²) in [7, 11) is 0. The molecule has 0 aromatic rings. The van der Waals surface area contributed by atoms with E-state index in [0.717, 1.165) is 0 Å². The van der Waals surface area contributed by atoms with Gasteiger partial charge in [0.15, 0.2) is 0 Å². The van der Waals surface area contributed by atoms with Gasteiger partial charge in [-0.15, -0.1) is 0 Å². The number of hydrogen-bond donors (Lipinski definition) is 1. The van der Waals surface area contributed by atoms with Crippen molar-refractivity contribution in [1.29, 1.82) is 0 Å². The average Bonchev–Trinajstić information content (AvgIpc) is 1.77. The van der Waals surface area contributed by atoms with E-state index < -0.39 is 6.23 Å². The number of aliphatic hydroxyl groups is 1. The maximum atomic E-state index is 10.3. The molecule has 1 atom stereocenters. The van der Waals surface area contributed by atoms with Gasteiger partial charge in [-0.1, -0.05) is 0 Å². The van der Waals surface area contributed by atoms with Gasteiger partial charge in [-0.05, 0) is 12.2 Å². The highest BCUT2D eigenvalue weighted by Gasteiger charge is 2.09. The summed E-state index contributed by atoms with van der Waals surface area (Å²) >= 11 is 0. The Balaban J connectivity index is 2.74. The number of allylic oxidation sites excluding steroid dienone is 1. The summed E-state index contributed by atoms with van der Waals surface area (Å²) in [5, 5.41) is 8.58. The van der Waals surface area contributed by atoms with Crippen LogP contribution in [0.3, 0.4) is 0 Å². The normalized spacial score (nSPS) is 26.6. The summed E-state index contributed by atoms with van der Waals surface area (Å²) in [6, 6.07) is 0. The van der Waals surface area contributed by atoms with Crippen molar-refractivity contribution in [2.45, 2.75) is 6.23 Å². The molecule has 0 radical (unpaired) electrons. The highest BCUT2D eigenvalue weighted by Crippen LogP contribution is 1.93. The fourth-order valence-corrected chi connectivity index (χ4v) is 0.429. The summed E-state index contributed by atoms with van der Waals surface area (Å²) < 4.78 is 0. The molecule has 0 amide bonds. The number of aliphatic hydroxyl groups excluding tert-OH is 1. The number of dihydropyridines is 1. The van der Waals surface area contributed by atoms with Gasteiger partial charge in [0.05, 0.1) is 0 Å². The van der Waals surface area contributed by atoms with Crippen molar-refractivity contribution in [2.24, 2.45) is 4.99 Å². The molecule has 42 valence electrons.